The summed E-state index contributed by atoms with van der Waals surface area (Å²) in [7, 11) is 0. The van der Waals surface area contributed by atoms with Crippen LogP contribution in [-0.4, -0.2) is 32.3 Å². The summed E-state index contributed by atoms with van der Waals surface area (Å²) in [5, 5.41) is 15.6. The second-order valence-corrected chi connectivity index (χ2v) is 9.50. The Hall–Kier alpha value is -2.81. The van der Waals surface area contributed by atoms with E-state index in [9.17, 15) is 9.59 Å². The summed E-state index contributed by atoms with van der Waals surface area (Å²) < 4.78 is 1.82. The third-order valence-corrected chi connectivity index (χ3v) is 6.48. The maximum absolute atomic E-state index is 12.7. The number of benzene rings is 2. The summed E-state index contributed by atoms with van der Waals surface area (Å²) in [6, 6.07) is 10.1. The first-order chi connectivity index (χ1) is 16.2. The van der Waals surface area contributed by atoms with E-state index in [4.69, 9.17) is 23.2 Å². The summed E-state index contributed by atoms with van der Waals surface area (Å²) in [6.07, 6.45) is 1.71. The van der Waals surface area contributed by atoms with Crippen molar-refractivity contribution in [3.05, 3.63) is 81.6 Å². The van der Waals surface area contributed by atoms with Gasteiger partial charge in [-0.15, -0.1) is 16.8 Å². The summed E-state index contributed by atoms with van der Waals surface area (Å²) in [6.45, 7) is 9.94. The zero-order valence-electron chi connectivity index (χ0n) is 19.1. The number of hydrogen-bond donors (Lipinski definition) is 2. The first kappa shape index (κ1) is 25.8. The van der Waals surface area contributed by atoms with Crippen molar-refractivity contribution in [1.29, 1.82) is 0 Å². The summed E-state index contributed by atoms with van der Waals surface area (Å²) in [5.41, 5.74) is 3.16. The van der Waals surface area contributed by atoms with Gasteiger partial charge in [0.05, 0.1) is 22.4 Å². The molecule has 0 saturated carbocycles. The van der Waals surface area contributed by atoms with Crippen LogP contribution in [0.3, 0.4) is 0 Å². The predicted octanol–water partition coefficient (Wildman–Crippen LogP) is 5.61. The van der Waals surface area contributed by atoms with Crippen LogP contribution in [0, 0.1) is 13.8 Å². The van der Waals surface area contributed by atoms with Gasteiger partial charge in [0.2, 0.25) is 5.91 Å². The predicted molar refractivity (Wildman–Crippen MR) is 138 cm³/mol. The monoisotopic (exact) mass is 517 g/mol. The van der Waals surface area contributed by atoms with E-state index in [-0.39, 0.29) is 22.6 Å². The molecule has 1 aromatic heterocycles. The lowest BCUT2D eigenvalue weighted by Crippen LogP contribution is -2.29. The highest BCUT2D eigenvalue weighted by Crippen LogP contribution is 2.24. The maximum Gasteiger partial charge on any atom is 0.253 e. The summed E-state index contributed by atoms with van der Waals surface area (Å²) in [5.74, 6) is 0.191. The molecule has 7 nitrogen and oxygen atoms in total. The van der Waals surface area contributed by atoms with Gasteiger partial charge in [-0.1, -0.05) is 53.2 Å². The van der Waals surface area contributed by atoms with Crippen molar-refractivity contribution in [3.8, 4) is 0 Å². The van der Waals surface area contributed by atoms with Crippen LogP contribution in [-0.2, 0) is 11.3 Å². The lowest BCUT2D eigenvalue weighted by atomic mass is 10.1. The number of aromatic nitrogens is 3. The topological polar surface area (TPSA) is 88.9 Å². The van der Waals surface area contributed by atoms with Gasteiger partial charge in [-0.25, -0.2) is 0 Å². The number of allylic oxidation sites excluding steroid dienone is 1. The fraction of sp³-hybridized carbons (Fsp3) is 0.250. The number of nitrogens with one attached hydrogen (secondary N) is 2. The number of anilines is 1. The molecule has 0 saturated heterocycles. The molecule has 34 heavy (non-hydrogen) atoms. The molecule has 10 heteroatoms. The number of thioether (sulfide) groups is 1. The molecule has 0 aliphatic rings. The molecule has 0 aliphatic carbocycles. The number of hydrogen-bond acceptors (Lipinski definition) is 5. The Bertz CT molecular complexity index is 1230. The van der Waals surface area contributed by atoms with Crippen molar-refractivity contribution in [3.63, 3.8) is 0 Å². The SMILES string of the molecule is C=CCn1c(SCC(=O)Nc2cc(C)ccc2C)nnc1C(C)NC(=O)c1ccc(Cl)cc1Cl. The molecule has 3 rings (SSSR count). The number of carbonyl (C=O) groups is 2. The van der Waals surface area contributed by atoms with E-state index in [0.29, 0.717) is 28.1 Å². The fourth-order valence-corrected chi connectivity index (χ4v) is 4.48. The summed E-state index contributed by atoms with van der Waals surface area (Å²) in [4.78, 5) is 25.2. The quantitative estimate of drug-likeness (QED) is 0.284. The highest BCUT2D eigenvalue weighted by atomic mass is 35.5. The van der Waals surface area contributed by atoms with Crippen LogP contribution in [0.1, 0.15) is 40.3 Å². The Morgan fingerprint density at radius 3 is 2.65 bits per heavy atom. The van der Waals surface area contributed by atoms with Crippen molar-refractivity contribution >= 4 is 52.5 Å². The van der Waals surface area contributed by atoms with E-state index in [2.05, 4.69) is 27.4 Å². The normalized spacial score (nSPS) is 11.7. The average Bonchev–Trinajstić information content (AvgIpc) is 3.17. The van der Waals surface area contributed by atoms with Crippen LogP contribution in [0.5, 0.6) is 0 Å². The van der Waals surface area contributed by atoms with E-state index in [1.807, 2.05) is 36.6 Å². The molecule has 0 spiro atoms. The van der Waals surface area contributed by atoms with Crippen LogP contribution >= 0.6 is 35.0 Å². The average molecular weight is 518 g/mol. The zero-order chi connectivity index (χ0) is 24.8. The van der Waals surface area contributed by atoms with E-state index in [0.717, 1.165) is 16.8 Å². The lowest BCUT2D eigenvalue weighted by molar-refractivity contribution is -0.113. The zero-order valence-corrected chi connectivity index (χ0v) is 21.4. The largest absolute Gasteiger partial charge is 0.342 e. The molecule has 1 unspecified atom stereocenters. The second-order valence-electron chi connectivity index (χ2n) is 7.71. The second kappa shape index (κ2) is 11.6. The van der Waals surface area contributed by atoms with Gasteiger partial charge in [0, 0.05) is 17.3 Å². The molecule has 3 aromatic rings. The number of halogens is 2. The molecule has 0 fully saturated rings. The van der Waals surface area contributed by atoms with Crippen molar-refractivity contribution in [2.45, 2.75) is 38.5 Å². The van der Waals surface area contributed by atoms with Gasteiger partial charge in [0.1, 0.15) is 0 Å². The van der Waals surface area contributed by atoms with Crippen molar-refractivity contribution < 1.29 is 9.59 Å². The number of rotatable bonds is 9. The Kier molecular flexibility index (Phi) is 8.77. The minimum absolute atomic E-state index is 0.146. The van der Waals surface area contributed by atoms with Gasteiger partial charge in [0.25, 0.3) is 5.91 Å². The molecule has 0 bridgehead atoms. The minimum atomic E-state index is -0.468. The Labute approximate surface area is 212 Å². The smallest absolute Gasteiger partial charge is 0.253 e. The van der Waals surface area contributed by atoms with E-state index in [1.54, 1.807) is 25.1 Å². The van der Waals surface area contributed by atoms with Gasteiger partial charge < -0.3 is 15.2 Å². The Balaban J connectivity index is 1.69. The molecule has 0 aliphatic heterocycles. The highest BCUT2D eigenvalue weighted by molar-refractivity contribution is 7.99. The highest BCUT2D eigenvalue weighted by Gasteiger charge is 2.21. The van der Waals surface area contributed by atoms with Crippen LogP contribution in [0.2, 0.25) is 10.0 Å². The van der Waals surface area contributed by atoms with Crippen LogP contribution in [0.4, 0.5) is 5.69 Å². The molecule has 2 N–H and O–H groups in total. The third-order valence-electron chi connectivity index (χ3n) is 4.97. The number of amides is 2. The minimum Gasteiger partial charge on any atom is -0.342 e. The number of aryl methyl sites for hydroxylation is 2. The van der Waals surface area contributed by atoms with Gasteiger partial charge in [-0.2, -0.15) is 0 Å². The molecular weight excluding hydrogens is 493 g/mol. The standard InChI is InChI=1S/C24H25Cl2N5O2S/c1-5-10-31-22(16(4)27-23(33)18-9-8-17(25)12-19(18)26)29-30-24(31)34-13-21(32)28-20-11-14(2)6-7-15(20)3/h5-9,11-12,16H,1,10,13H2,2-4H3,(H,27,33)(H,28,32). The van der Waals surface area contributed by atoms with Crippen LogP contribution in [0.25, 0.3) is 0 Å². The molecule has 1 atom stereocenters. The third kappa shape index (κ3) is 6.40. The first-order valence-electron chi connectivity index (χ1n) is 10.5. The maximum atomic E-state index is 12.7. The molecular formula is C24H25Cl2N5O2S. The van der Waals surface area contributed by atoms with Gasteiger partial charge in [-0.05, 0) is 56.2 Å². The van der Waals surface area contributed by atoms with E-state index < -0.39 is 6.04 Å². The van der Waals surface area contributed by atoms with Crippen molar-refractivity contribution in [2.24, 2.45) is 0 Å². The molecule has 2 aromatic carbocycles. The van der Waals surface area contributed by atoms with E-state index >= 15 is 0 Å². The Morgan fingerprint density at radius 1 is 1.18 bits per heavy atom. The molecule has 1 heterocycles. The molecule has 178 valence electrons. The van der Waals surface area contributed by atoms with Crippen LogP contribution in [0.15, 0.2) is 54.2 Å². The van der Waals surface area contributed by atoms with E-state index in [1.165, 1.54) is 17.8 Å². The Morgan fingerprint density at radius 2 is 1.94 bits per heavy atom. The molecule has 0 radical (unpaired) electrons. The summed E-state index contributed by atoms with van der Waals surface area (Å²) >= 11 is 13.3. The fourth-order valence-electron chi connectivity index (χ4n) is 3.23. The van der Waals surface area contributed by atoms with Gasteiger partial charge in [-0.3, -0.25) is 9.59 Å². The van der Waals surface area contributed by atoms with Crippen molar-refractivity contribution in [2.75, 3.05) is 11.1 Å². The first-order valence-corrected chi connectivity index (χ1v) is 12.2. The van der Waals surface area contributed by atoms with Crippen LogP contribution < -0.4 is 10.6 Å². The number of nitrogens with zero attached hydrogens (tertiary/aromatic N) is 3. The van der Waals surface area contributed by atoms with Gasteiger partial charge >= 0.3 is 0 Å². The van der Waals surface area contributed by atoms with Crippen molar-refractivity contribution in [1.82, 2.24) is 20.1 Å². The van der Waals surface area contributed by atoms with Gasteiger partial charge in [0.15, 0.2) is 11.0 Å². The number of carbonyl (C=O) groups excluding carboxylic acids is 2. The molecule has 2 amide bonds. The lowest BCUT2D eigenvalue weighted by Gasteiger charge is -2.16.